The van der Waals surface area contributed by atoms with Crippen LogP contribution >= 0.6 is 11.6 Å². The van der Waals surface area contributed by atoms with E-state index in [-0.39, 0.29) is 12.2 Å². The highest BCUT2D eigenvalue weighted by Gasteiger charge is 2.22. The summed E-state index contributed by atoms with van der Waals surface area (Å²) in [4.78, 5) is 28.7. The summed E-state index contributed by atoms with van der Waals surface area (Å²) < 4.78 is 3.12. The fourth-order valence-corrected chi connectivity index (χ4v) is 4.08. The molecule has 12 heteroatoms. The van der Waals surface area contributed by atoms with Crippen molar-refractivity contribution < 1.29 is 9.72 Å². The van der Waals surface area contributed by atoms with Crippen LogP contribution in [0.2, 0.25) is 5.02 Å². The number of pyridine rings is 1. The molecule has 3 heterocycles. The van der Waals surface area contributed by atoms with Crippen molar-refractivity contribution in [2.24, 2.45) is 12.1 Å². The Labute approximate surface area is 205 Å². The number of carbonyl (C=O) groups excluding carboxylic acids is 1. The molecule has 0 aliphatic carbocycles. The Morgan fingerprint density at radius 1 is 1.17 bits per heavy atom. The van der Waals surface area contributed by atoms with E-state index in [9.17, 15) is 14.9 Å². The standard InChI is InChI=1S/C23H23ClN8O3/c1-12(11-31-15(4)21(32(34)35)14(3)29-31)26-27-23(33)18-10-19(16-6-8-17(24)9-7-16)25-22-20(18)13(2)28-30(22)5/h6-10H,11H2,1-5H3,(H,27,33). The van der Waals surface area contributed by atoms with Gasteiger partial charge in [-0.1, -0.05) is 23.7 Å². The molecule has 1 aromatic carbocycles. The molecule has 11 nitrogen and oxygen atoms in total. The third-order valence-corrected chi connectivity index (χ3v) is 5.86. The van der Waals surface area contributed by atoms with E-state index in [0.29, 0.717) is 50.1 Å². The van der Waals surface area contributed by atoms with E-state index in [1.54, 1.807) is 50.7 Å². The SMILES string of the molecule is CC(Cn1nc(C)c([N+](=O)[O-])c1C)=NNC(=O)c1cc(-c2ccc(Cl)cc2)nc2c1c(C)nn2C. The predicted molar refractivity (Wildman–Crippen MR) is 133 cm³/mol. The minimum Gasteiger partial charge on any atom is -0.267 e. The minimum absolute atomic E-state index is 0.0252. The fraction of sp³-hybridized carbons (Fsp3) is 0.261. The van der Waals surface area contributed by atoms with Crippen molar-refractivity contribution in [3.05, 3.63) is 68.1 Å². The summed E-state index contributed by atoms with van der Waals surface area (Å²) in [6.07, 6.45) is 0. The number of nitrogens with one attached hydrogen (secondary N) is 1. The number of hydrogen-bond acceptors (Lipinski definition) is 7. The summed E-state index contributed by atoms with van der Waals surface area (Å²) in [5.41, 5.74) is 6.83. The molecule has 3 aromatic heterocycles. The number of aryl methyl sites for hydroxylation is 3. The number of hydrazone groups is 1. The van der Waals surface area contributed by atoms with Gasteiger partial charge < -0.3 is 0 Å². The van der Waals surface area contributed by atoms with E-state index in [4.69, 9.17) is 16.6 Å². The molecule has 0 aliphatic heterocycles. The first-order chi connectivity index (χ1) is 16.6. The van der Waals surface area contributed by atoms with Crippen LogP contribution in [0.3, 0.4) is 0 Å². The van der Waals surface area contributed by atoms with Crippen LogP contribution < -0.4 is 5.43 Å². The number of nitro groups is 1. The van der Waals surface area contributed by atoms with Gasteiger partial charge in [-0.25, -0.2) is 10.4 Å². The molecule has 35 heavy (non-hydrogen) atoms. The van der Waals surface area contributed by atoms with Crippen LogP contribution in [0.25, 0.3) is 22.3 Å². The van der Waals surface area contributed by atoms with Gasteiger partial charge in [0, 0.05) is 17.6 Å². The van der Waals surface area contributed by atoms with Gasteiger partial charge in [0.15, 0.2) is 5.65 Å². The summed E-state index contributed by atoms with van der Waals surface area (Å²) in [5.74, 6) is -0.428. The Balaban J connectivity index is 1.65. The van der Waals surface area contributed by atoms with Gasteiger partial charge in [0.1, 0.15) is 11.4 Å². The Morgan fingerprint density at radius 2 is 1.86 bits per heavy atom. The van der Waals surface area contributed by atoms with Gasteiger partial charge in [0.2, 0.25) is 0 Å². The Kier molecular flexibility index (Phi) is 6.35. The number of amides is 1. The highest BCUT2D eigenvalue weighted by molar-refractivity contribution is 6.30. The van der Waals surface area contributed by atoms with Crippen LogP contribution in [0.4, 0.5) is 5.69 Å². The fourth-order valence-electron chi connectivity index (χ4n) is 3.96. The molecule has 1 N–H and O–H groups in total. The number of aromatic nitrogens is 5. The second kappa shape index (κ2) is 9.26. The van der Waals surface area contributed by atoms with Gasteiger partial charge in [0.05, 0.1) is 39.5 Å². The summed E-state index contributed by atoms with van der Waals surface area (Å²) in [6.45, 7) is 6.92. The summed E-state index contributed by atoms with van der Waals surface area (Å²) >= 11 is 6.02. The van der Waals surface area contributed by atoms with Gasteiger partial charge >= 0.3 is 5.69 Å². The molecule has 4 rings (SSSR count). The van der Waals surface area contributed by atoms with E-state index >= 15 is 0 Å². The number of halogens is 1. The molecule has 0 saturated carbocycles. The average molecular weight is 495 g/mol. The normalized spacial score (nSPS) is 11.8. The summed E-state index contributed by atoms with van der Waals surface area (Å²) in [7, 11) is 1.77. The van der Waals surface area contributed by atoms with Gasteiger partial charge in [0.25, 0.3) is 5.91 Å². The van der Waals surface area contributed by atoms with E-state index in [1.807, 2.05) is 19.1 Å². The molecular weight excluding hydrogens is 472 g/mol. The Hall–Kier alpha value is -4.12. The first-order valence-electron chi connectivity index (χ1n) is 10.7. The lowest BCUT2D eigenvalue weighted by molar-refractivity contribution is -0.386. The van der Waals surface area contributed by atoms with Crippen molar-refractivity contribution in [1.82, 2.24) is 30.0 Å². The minimum atomic E-state index is -0.453. The molecule has 0 fully saturated rings. The number of rotatable bonds is 6. The number of fused-ring (bicyclic) bond motifs is 1. The highest BCUT2D eigenvalue weighted by Crippen LogP contribution is 2.28. The first kappa shape index (κ1) is 24.0. The number of benzene rings is 1. The largest absolute Gasteiger partial charge is 0.312 e. The van der Waals surface area contributed by atoms with Crippen molar-refractivity contribution in [2.45, 2.75) is 34.2 Å². The third kappa shape index (κ3) is 4.62. The van der Waals surface area contributed by atoms with Crippen LogP contribution in [-0.2, 0) is 13.6 Å². The number of hydrogen-bond donors (Lipinski definition) is 1. The lowest BCUT2D eigenvalue weighted by Crippen LogP contribution is -2.21. The van der Waals surface area contributed by atoms with E-state index in [2.05, 4.69) is 20.7 Å². The van der Waals surface area contributed by atoms with E-state index in [1.165, 1.54) is 4.68 Å². The predicted octanol–water partition coefficient (Wildman–Crippen LogP) is 4.12. The van der Waals surface area contributed by atoms with Crippen molar-refractivity contribution >= 4 is 39.9 Å². The quantitative estimate of drug-likeness (QED) is 0.243. The second-order valence-corrected chi connectivity index (χ2v) is 8.63. The Bertz CT molecular complexity index is 1500. The smallest absolute Gasteiger partial charge is 0.267 e. The van der Waals surface area contributed by atoms with Crippen LogP contribution in [0.1, 0.15) is 34.4 Å². The molecule has 4 aromatic rings. The Morgan fingerprint density at radius 3 is 2.49 bits per heavy atom. The topological polar surface area (TPSA) is 133 Å². The monoisotopic (exact) mass is 494 g/mol. The van der Waals surface area contributed by atoms with Crippen molar-refractivity contribution in [3.63, 3.8) is 0 Å². The lowest BCUT2D eigenvalue weighted by atomic mass is 10.1. The molecule has 0 radical (unpaired) electrons. The van der Waals surface area contributed by atoms with Crippen LogP contribution in [0.15, 0.2) is 35.4 Å². The summed E-state index contributed by atoms with van der Waals surface area (Å²) in [6, 6.07) is 8.88. The number of carbonyl (C=O) groups is 1. The van der Waals surface area contributed by atoms with Gasteiger partial charge in [-0.2, -0.15) is 15.3 Å². The summed E-state index contributed by atoms with van der Waals surface area (Å²) in [5, 5.41) is 25.3. The first-order valence-corrected chi connectivity index (χ1v) is 11.1. The molecule has 0 saturated heterocycles. The average Bonchev–Trinajstić information content (AvgIpc) is 3.25. The zero-order valence-electron chi connectivity index (χ0n) is 19.8. The van der Waals surface area contributed by atoms with Crippen LogP contribution in [0.5, 0.6) is 0 Å². The highest BCUT2D eigenvalue weighted by atomic mass is 35.5. The molecule has 0 unspecified atom stereocenters. The van der Waals surface area contributed by atoms with Crippen molar-refractivity contribution in [3.8, 4) is 11.3 Å². The maximum atomic E-state index is 13.2. The van der Waals surface area contributed by atoms with E-state index in [0.717, 1.165) is 5.56 Å². The second-order valence-electron chi connectivity index (χ2n) is 8.19. The van der Waals surface area contributed by atoms with E-state index < -0.39 is 10.8 Å². The van der Waals surface area contributed by atoms with Gasteiger partial charge in [-0.15, -0.1) is 0 Å². The number of nitrogens with zero attached hydrogens (tertiary/aromatic N) is 7. The molecule has 0 atom stereocenters. The zero-order valence-corrected chi connectivity index (χ0v) is 20.6. The molecule has 0 bridgehead atoms. The van der Waals surface area contributed by atoms with Crippen molar-refractivity contribution in [2.75, 3.05) is 0 Å². The van der Waals surface area contributed by atoms with Crippen LogP contribution in [-0.4, -0.2) is 41.1 Å². The van der Waals surface area contributed by atoms with Crippen molar-refractivity contribution in [1.29, 1.82) is 0 Å². The lowest BCUT2D eigenvalue weighted by Gasteiger charge is -2.09. The maximum Gasteiger partial charge on any atom is 0.312 e. The maximum absolute atomic E-state index is 13.2. The molecule has 180 valence electrons. The molecule has 0 spiro atoms. The third-order valence-electron chi connectivity index (χ3n) is 5.61. The van der Waals surface area contributed by atoms with Crippen LogP contribution in [0, 0.1) is 30.9 Å². The zero-order chi connectivity index (χ0) is 25.4. The molecule has 0 aliphatic rings. The molecular formula is C23H23ClN8O3. The molecule has 1 amide bonds. The van der Waals surface area contributed by atoms with Gasteiger partial charge in [-0.05, 0) is 45.9 Å². The van der Waals surface area contributed by atoms with Gasteiger partial charge in [-0.3, -0.25) is 24.3 Å².